The van der Waals surface area contributed by atoms with Gasteiger partial charge in [-0.1, -0.05) is 23.9 Å². The fourth-order valence-electron chi connectivity index (χ4n) is 4.21. The standard InChI is InChI=1S/C23H26F3N3OS/c1-17(30)28-12-4-10-27(14-15-28)11-5-13-29-19-6-2-3-7-21(19)31-22-9-8-18(16-20(22)29)23(24,25)26/h2-3,6-9,16H,4-5,10-15H2,1H3. The third-order valence-electron chi connectivity index (χ3n) is 5.84. The van der Waals surface area contributed by atoms with Crippen LogP contribution >= 0.6 is 11.8 Å². The second-order valence-electron chi connectivity index (χ2n) is 7.96. The van der Waals surface area contributed by atoms with Crippen LogP contribution in [0.4, 0.5) is 24.5 Å². The van der Waals surface area contributed by atoms with E-state index in [1.54, 1.807) is 13.0 Å². The zero-order chi connectivity index (χ0) is 22.0. The van der Waals surface area contributed by atoms with Gasteiger partial charge in [-0.15, -0.1) is 0 Å². The molecule has 2 aliphatic rings. The molecule has 0 unspecified atom stereocenters. The number of rotatable bonds is 4. The summed E-state index contributed by atoms with van der Waals surface area (Å²) in [7, 11) is 0. The van der Waals surface area contributed by atoms with Crippen LogP contribution in [-0.2, 0) is 11.0 Å². The third-order valence-corrected chi connectivity index (χ3v) is 6.97. The van der Waals surface area contributed by atoms with Crippen molar-refractivity contribution in [1.82, 2.24) is 9.80 Å². The van der Waals surface area contributed by atoms with Crippen LogP contribution in [0.1, 0.15) is 25.3 Å². The smallest absolute Gasteiger partial charge is 0.342 e. The highest BCUT2D eigenvalue weighted by Crippen LogP contribution is 2.49. The van der Waals surface area contributed by atoms with Gasteiger partial charge < -0.3 is 14.7 Å². The minimum absolute atomic E-state index is 0.112. The Bertz CT molecular complexity index is 950. The molecular formula is C23H26F3N3OS. The largest absolute Gasteiger partial charge is 0.416 e. The lowest BCUT2D eigenvalue weighted by molar-refractivity contribution is -0.137. The number of halogens is 3. The van der Waals surface area contributed by atoms with E-state index in [9.17, 15) is 18.0 Å². The first-order valence-corrected chi connectivity index (χ1v) is 11.4. The number of amides is 1. The second-order valence-corrected chi connectivity index (χ2v) is 9.04. The lowest BCUT2D eigenvalue weighted by atomic mass is 10.1. The topological polar surface area (TPSA) is 26.8 Å². The van der Waals surface area contributed by atoms with Crippen molar-refractivity contribution in [2.75, 3.05) is 44.2 Å². The quantitative estimate of drug-likeness (QED) is 0.637. The predicted molar refractivity (Wildman–Crippen MR) is 117 cm³/mol. The van der Waals surface area contributed by atoms with E-state index in [4.69, 9.17) is 0 Å². The number of carbonyl (C=O) groups excluding carboxylic acids is 1. The van der Waals surface area contributed by atoms with Crippen molar-refractivity contribution in [3.63, 3.8) is 0 Å². The maximum Gasteiger partial charge on any atom is 0.416 e. The van der Waals surface area contributed by atoms with Gasteiger partial charge in [0.25, 0.3) is 0 Å². The Morgan fingerprint density at radius 1 is 0.968 bits per heavy atom. The maximum absolute atomic E-state index is 13.3. The van der Waals surface area contributed by atoms with Crippen LogP contribution in [0.5, 0.6) is 0 Å². The van der Waals surface area contributed by atoms with Gasteiger partial charge in [0.15, 0.2) is 0 Å². The highest BCUT2D eigenvalue weighted by Gasteiger charge is 2.33. The third kappa shape index (κ3) is 5.01. The van der Waals surface area contributed by atoms with Crippen LogP contribution in [0, 0.1) is 0 Å². The van der Waals surface area contributed by atoms with Crippen LogP contribution in [0.25, 0.3) is 0 Å². The summed E-state index contributed by atoms with van der Waals surface area (Å²) in [5, 5.41) is 0. The van der Waals surface area contributed by atoms with Crippen molar-refractivity contribution in [1.29, 1.82) is 0 Å². The zero-order valence-electron chi connectivity index (χ0n) is 17.5. The van der Waals surface area contributed by atoms with E-state index < -0.39 is 11.7 Å². The number of hydrogen-bond acceptors (Lipinski definition) is 4. The number of para-hydroxylation sites is 1. The van der Waals surface area contributed by atoms with Crippen molar-refractivity contribution >= 4 is 29.0 Å². The average molecular weight is 450 g/mol. The SMILES string of the molecule is CC(=O)N1CCCN(CCCN2c3ccccc3Sc3ccc(C(F)(F)F)cc32)CC1. The molecule has 0 N–H and O–H groups in total. The van der Waals surface area contributed by atoms with Gasteiger partial charge >= 0.3 is 6.18 Å². The Labute approximate surface area is 185 Å². The Hall–Kier alpha value is -2.19. The fraction of sp³-hybridized carbons (Fsp3) is 0.435. The summed E-state index contributed by atoms with van der Waals surface area (Å²) in [5.74, 6) is 0.112. The lowest BCUT2D eigenvalue weighted by Crippen LogP contribution is -2.34. The predicted octanol–water partition coefficient (Wildman–Crippen LogP) is 5.25. The van der Waals surface area contributed by atoms with E-state index in [1.807, 2.05) is 34.1 Å². The minimum Gasteiger partial charge on any atom is -0.342 e. The molecule has 2 aromatic carbocycles. The summed E-state index contributed by atoms with van der Waals surface area (Å²) in [6.45, 7) is 6.39. The van der Waals surface area contributed by atoms with Crippen LogP contribution in [-0.4, -0.2) is 55.0 Å². The molecule has 31 heavy (non-hydrogen) atoms. The first-order chi connectivity index (χ1) is 14.8. The van der Waals surface area contributed by atoms with Crippen LogP contribution in [0.15, 0.2) is 52.3 Å². The monoisotopic (exact) mass is 449 g/mol. The van der Waals surface area contributed by atoms with Crippen molar-refractivity contribution in [2.45, 2.75) is 35.7 Å². The molecular weight excluding hydrogens is 423 g/mol. The molecule has 8 heteroatoms. The van der Waals surface area contributed by atoms with Gasteiger partial charge in [0.2, 0.25) is 5.91 Å². The van der Waals surface area contributed by atoms with Gasteiger partial charge in [0.05, 0.1) is 16.9 Å². The molecule has 0 aromatic heterocycles. The fourth-order valence-corrected chi connectivity index (χ4v) is 5.28. The summed E-state index contributed by atoms with van der Waals surface area (Å²) < 4.78 is 40.0. The molecule has 0 radical (unpaired) electrons. The summed E-state index contributed by atoms with van der Waals surface area (Å²) in [4.78, 5) is 19.8. The number of carbonyl (C=O) groups is 1. The minimum atomic E-state index is -4.36. The van der Waals surface area contributed by atoms with Gasteiger partial charge in [-0.2, -0.15) is 13.2 Å². The first kappa shape index (κ1) is 22.0. The molecule has 0 spiro atoms. The highest BCUT2D eigenvalue weighted by molar-refractivity contribution is 7.99. The second kappa shape index (κ2) is 9.12. The van der Waals surface area contributed by atoms with Crippen molar-refractivity contribution in [3.8, 4) is 0 Å². The summed E-state index contributed by atoms with van der Waals surface area (Å²) in [6, 6.07) is 11.9. The molecule has 1 amide bonds. The molecule has 2 aromatic rings. The Morgan fingerprint density at radius 3 is 2.52 bits per heavy atom. The molecule has 1 fully saturated rings. The van der Waals surface area contributed by atoms with Crippen molar-refractivity contribution in [2.24, 2.45) is 0 Å². The highest BCUT2D eigenvalue weighted by atomic mass is 32.2. The Balaban J connectivity index is 1.49. The normalized spacial score (nSPS) is 17.2. The number of nitrogens with zero attached hydrogens (tertiary/aromatic N) is 3. The van der Waals surface area contributed by atoms with E-state index in [0.717, 1.165) is 67.1 Å². The maximum atomic E-state index is 13.3. The Kier molecular flexibility index (Phi) is 6.48. The molecule has 0 bridgehead atoms. The van der Waals surface area contributed by atoms with E-state index in [-0.39, 0.29) is 5.91 Å². The molecule has 0 atom stereocenters. The van der Waals surface area contributed by atoms with Crippen molar-refractivity contribution in [3.05, 3.63) is 48.0 Å². The van der Waals surface area contributed by atoms with Gasteiger partial charge in [-0.25, -0.2) is 0 Å². The number of hydrogen-bond donors (Lipinski definition) is 0. The van der Waals surface area contributed by atoms with Crippen molar-refractivity contribution < 1.29 is 18.0 Å². The van der Waals surface area contributed by atoms with E-state index in [0.29, 0.717) is 12.2 Å². The van der Waals surface area contributed by atoms with Gasteiger partial charge in [-0.05, 0) is 56.3 Å². The zero-order valence-corrected chi connectivity index (χ0v) is 18.3. The Morgan fingerprint density at radius 2 is 1.74 bits per heavy atom. The first-order valence-electron chi connectivity index (χ1n) is 10.6. The molecule has 2 aliphatic heterocycles. The van der Waals surface area contributed by atoms with Gasteiger partial charge in [0.1, 0.15) is 0 Å². The number of anilines is 2. The number of alkyl halides is 3. The summed E-state index contributed by atoms with van der Waals surface area (Å²) in [6.07, 6.45) is -2.59. The molecule has 4 nitrogen and oxygen atoms in total. The van der Waals surface area contributed by atoms with Crippen LogP contribution in [0.2, 0.25) is 0 Å². The summed E-state index contributed by atoms with van der Waals surface area (Å²) in [5.41, 5.74) is 0.961. The van der Waals surface area contributed by atoms with E-state index in [2.05, 4.69) is 4.90 Å². The summed E-state index contributed by atoms with van der Waals surface area (Å²) >= 11 is 1.52. The lowest BCUT2D eigenvalue weighted by Gasteiger charge is -2.34. The molecule has 0 saturated carbocycles. The molecule has 2 heterocycles. The van der Waals surface area contributed by atoms with Crippen LogP contribution in [0.3, 0.4) is 0 Å². The number of fused-ring (bicyclic) bond motifs is 2. The van der Waals surface area contributed by atoms with E-state index >= 15 is 0 Å². The van der Waals surface area contributed by atoms with Crippen LogP contribution < -0.4 is 4.90 Å². The molecule has 166 valence electrons. The van der Waals surface area contributed by atoms with Gasteiger partial charge in [-0.3, -0.25) is 4.79 Å². The molecule has 0 aliphatic carbocycles. The molecule has 4 rings (SSSR count). The number of benzene rings is 2. The van der Waals surface area contributed by atoms with E-state index in [1.165, 1.54) is 17.8 Å². The average Bonchev–Trinajstić information content (AvgIpc) is 2.98. The van der Waals surface area contributed by atoms with Gasteiger partial charge in [0, 0.05) is 42.9 Å². The molecule has 1 saturated heterocycles.